The van der Waals surface area contributed by atoms with E-state index in [2.05, 4.69) is 11.4 Å². The molecule has 0 heterocycles. The maximum absolute atomic E-state index is 12.1. The van der Waals surface area contributed by atoms with Crippen LogP contribution in [-0.2, 0) is 15.3 Å². The van der Waals surface area contributed by atoms with Gasteiger partial charge in [0, 0.05) is 23.5 Å². The van der Waals surface area contributed by atoms with Gasteiger partial charge in [-0.2, -0.15) is 0 Å². The van der Waals surface area contributed by atoms with Gasteiger partial charge in [0.25, 0.3) is 0 Å². The predicted molar refractivity (Wildman–Crippen MR) is 105 cm³/mol. The third-order valence-electron chi connectivity index (χ3n) is 3.51. The Labute approximate surface area is 157 Å². The summed E-state index contributed by atoms with van der Waals surface area (Å²) in [5.74, 6) is 0.822. The minimum atomic E-state index is -0.234. The smallest absolute Gasteiger partial charge is 0.243 e. The molecule has 0 spiro atoms. The van der Waals surface area contributed by atoms with Gasteiger partial charge in [0.05, 0.1) is 12.3 Å². The molecule has 2 rings (SSSR count). The van der Waals surface area contributed by atoms with E-state index in [4.69, 9.17) is 11.6 Å². The zero-order valence-electron chi connectivity index (χ0n) is 14.3. The van der Waals surface area contributed by atoms with Crippen molar-refractivity contribution in [1.29, 1.82) is 0 Å². The van der Waals surface area contributed by atoms with E-state index >= 15 is 0 Å². The second-order valence-corrected chi connectivity index (χ2v) is 7.21. The predicted octanol–water partition coefficient (Wildman–Crippen LogP) is 3.98. The quantitative estimate of drug-likeness (QED) is 0.795. The minimum absolute atomic E-state index is 0.0203. The molecule has 25 heavy (non-hydrogen) atoms. The van der Waals surface area contributed by atoms with Crippen LogP contribution in [0.1, 0.15) is 11.1 Å². The van der Waals surface area contributed by atoms with Gasteiger partial charge in [0.2, 0.25) is 11.8 Å². The van der Waals surface area contributed by atoms with Crippen molar-refractivity contribution in [3.63, 3.8) is 0 Å². The fourth-order valence-corrected chi connectivity index (χ4v) is 3.24. The molecule has 1 N–H and O–H groups in total. The largest absolute Gasteiger partial charge is 0.336 e. The van der Waals surface area contributed by atoms with Crippen molar-refractivity contribution in [1.82, 2.24) is 4.90 Å². The second kappa shape index (κ2) is 9.49. The number of thioether (sulfide) groups is 1. The summed E-state index contributed by atoms with van der Waals surface area (Å²) in [7, 11) is 1.64. The Bertz CT molecular complexity index is 734. The Hall–Kier alpha value is -1.98. The number of likely N-dealkylation sites (N-methyl/N-ethyl adjacent to an activating group) is 1. The first kappa shape index (κ1) is 19.3. The first-order chi connectivity index (χ1) is 11.9. The summed E-state index contributed by atoms with van der Waals surface area (Å²) in [6, 6.07) is 15.1. The molecular weight excluding hydrogens is 356 g/mol. The molecule has 0 fully saturated rings. The minimum Gasteiger partial charge on any atom is -0.336 e. The number of benzene rings is 2. The van der Waals surface area contributed by atoms with Crippen LogP contribution in [0, 0.1) is 6.92 Å². The van der Waals surface area contributed by atoms with E-state index in [9.17, 15) is 9.59 Å². The number of carbonyl (C=O) groups is 2. The van der Waals surface area contributed by atoms with E-state index in [0.29, 0.717) is 16.5 Å². The number of nitrogens with one attached hydrogen (secondary N) is 1. The molecule has 0 bridgehead atoms. The number of rotatable bonds is 7. The summed E-state index contributed by atoms with van der Waals surface area (Å²) in [4.78, 5) is 25.6. The molecule has 0 aliphatic heterocycles. The van der Waals surface area contributed by atoms with Crippen molar-refractivity contribution < 1.29 is 9.59 Å². The SMILES string of the molecule is Cc1cccc(CSCC(=O)N(C)CC(=O)Nc2ccc(Cl)cc2)c1. The Morgan fingerprint density at radius 3 is 2.56 bits per heavy atom. The topological polar surface area (TPSA) is 49.4 Å². The number of nitrogens with zero attached hydrogens (tertiary/aromatic N) is 1. The number of aryl methyl sites for hydroxylation is 1. The Kier molecular flexibility index (Phi) is 7.34. The summed E-state index contributed by atoms with van der Waals surface area (Å²) < 4.78 is 0. The van der Waals surface area contributed by atoms with Crippen LogP contribution in [0.15, 0.2) is 48.5 Å². The molecule has 0 aliphatic carbocycles. The van der Waals surface area contributed by atoms with Crippen molar-refractivity contribution in [2.24, 2.45) is 0 Å². The third-order valence-corrected chi connectivity index (χ3v) is 4.75. The van der Waals surface area contributed by atoms with Crippen LogP contribution in [0.4, 0.5) is 5.69 Å². The maximum Gasteiger partial charge on any atom is 0.243 e. The third kappa shape index (κ3) is 6.80. The van der Waals surface area contributed by atoms with Gasteiger partial charge in [-0.05, 0) is 36.8 Å². The monoisotopic (exact) mass is 376 g/mol. The molecule has 132 valence electrons. The molecule has 0 radical (unpaired) electrons. The van der Waals surface area contributed by atoms with E-state index in [1.807, 2.05) is 25.1 Å². The zero-order valence-corrected chi connectivity index (χ0v) is 15.9. The maximum atomic E-state index is 12.1. The number of hydrogen-bond donors (Lipinski definition) is 1. The fraction of sp³-hybridized carbons (Fsp3) is 0.263. The Morgan fingerprint density at radius 1 is 1.16 bits per heavy atom. The lowest BCUT2D eigenvalue weighted by Crippen LogP contribution is -2.35. The molecule has 0 unspecified atom stereocenters. The molecule has 2 aromatic rings. The molecule has 2 amide bonds. The van der Waals surface area contributed by atoms with Gasteiger partial charge in [-0.1, -0.05) is 41.4 Å². The Morgan fingerprint density at radius 2 is 1.88 bits per heavy atom. The highest BCUT2D eigenvalue weighted by Crippen LogP contribution is 2.15. The number of anilines is 1. The van der Waals surface area contributed by atoms with Crippen molar-refractivity contribution in [2.75, 3.05) is 24.7 Å². The van der Waals surface area contributed by atoms with Gasteiger partial charge in [-0.15, -0.1) is 11.8 Å². The molecule has 0 saturated heterocycles. The number of amides is 2. The summed E-state index contributed by atoms with van der Waals surface area (Å²) in [6.07, 6.45) is 0. The highest BCUT2D eigenvalue weighted by atomic mass is 35.5. The van der Waals surface area contributed by atoms with Crippen molar-refractivity contribution >= 4 is 40.9 Å². The van der Waals surface area contributed by atoms with E-state index in [0.717, 1.165) is 5.75 Å². The van der Waals surface area contributed by atoms with Crippen LogP contribution in [0.3, 0.4) is 0 Å². The van der Waals surface area contributed by atoms with Gasteiger partial charge in [-0.3, -0.25) is 9.59 Å². The fourth-order valence-electron chi connectivity index (χ4n) is 2.21. The van der Waals surface area contributed by atoms with Gasteiger partial charge in [0.1, 0.15) is 0 Å². The van der Waals surface area contributed by atoms with E-state index in [1.165, 1.54) is 16.0 Å². The van der Waals surface area contributed by atoms with Gasteiger partial charge >= 0.3 is 0 Å². The summed E-state index contributed by atoms with van der Waals surface area (Å²) >= 11 is 7.35. The normalized spacial score (nSPS) is 10.4. The highest BCUT2D eigenvalue weighted by Gasteiger charge is 2.13. The number of hydrogen-bond acceptors (Lipinski definition) is 3. The molecule has 0 aromatic heterocycles. The average Bonchev–Trinajstić information content (AvgIpc) is 2.57. The standard InChI is InChI=1S/C19H21ClN2O2S/c1-14-4-3-5-15(10-14)12-25-13-19(24)22(2)11-18(23)21-17-8-6-16(20)7-9-17/h3-10H,11-13H2,1-2H3,(H,21,23). The van der Waals surface area contributed by atoms with E-state index in [1.54, 1.807) is 43.1 Å². The Balaban J connectivity index is 1.73. The van der Waals surface area contributed by atoms with Crippen molar-refractivity contribution in [3.8, 4) is 0 Å². The lowest BCUT2D eigenvalue weighted by atomic mass is 10.2. The lowest BCUT2D eigenvalue weighted by Gasteiger charge is -2.16. The lowest BCUT2D eigenvalue weighted by molar-refractivity contribution is -0.131. The molecule has 6 heteroatoms. The summed E-state index contributed by atoms with van der Waals surface area (Å²) in [6.45, 7) is 2.07. The second-order valence-electron chi connectivity index (χ2n) is 5.79. The highest BCUT2D eigenvalue weighted by molar-refractivity contribution is 7.99. The van der Waals surface area contributed by atoms with Crippen LogP contribution in [-0.4, -0.2) is 36.1 Å². The van der Waals surface area contributed by atoms with Crippen LogP contribution in [0.5, 0.6) is 0 Å². The van der Waals surface area contributed by atoms with Gasteiger partial charge in [-0.25, -0.2) is 0 Å². The summed E-state index contributed by atoms with van der Waals surface area (Å²) in [5.41, 5.74) is 3.06. The van der Waals surface area contributed by atoms with Crippen LogP contribution < -0.4 is 5.32 Å². The molecule has 2 aromatic carbocycles. The first-order valence-corrected chi connectivity index (χ1v) is 9.40. The number of halogens is 1. The van der Waals surface area contributed by atoms with Crippen molar-refractivity contribution in [3.05, 3.63) is 64.7 Å². The molecule has 0 atom stereocenters. The molecular formula is C19H21ClN2O2S. The summed E-state index contributed by atoms with van der Waals surface area (Å²) in [5, 5.41) is 3.35. The zero-order chi connectivity index (χ0) is 18.2. The molecule has 0 aliphatic rings. The first-order valence-electron chi connectivity index (χ1n) is 7.87. The van der Waals surface area contributed by atoms with Crippen LogP contribution >= 0.6 is 23.4 Å². The van der Waals surface area contributed by atoms with Crippen LogP contribution in [0.2, 0.25) is 5.02 Å². The van der Waals surface area contributed by atoms with Crippen LogP contribution in [0.25, 0.3) is 0 Å². The molecule has 0 saturated carbocycles. The molecule has 4 nitrogen and oxygen atoms in total. The van der Waals surface area contributed by atoms with Gasteiger partial charge in [0.15, 0.2) is 0 Å². The van der Waals surface area contributed by atoms with Crippen molar-refractivity contribution in [2.45, 2.75) is 12.7 Å². The van der Waals surface area contributed by atoms with E-state index in [-0.39, 0.29) is 18.4 Å². The average molecular weight is 377 g/mol. The number of carbonyl (C=O) groups excluding carboxylic acids is 2. The van der Waals surface area contributed by atoms with Gasteiger partial charge < -0.3 is 10.2 Å². The van der Waals surface area contributed by atoms with E-state index < -0.39 is 0 Å².